The first kappa shape index (κ1) is 17.4. The topological polar surface area (TPSA) is 82.3 Å². The van der Waals surface area contributed by atoms with Crippen LogP contribution < -0.4 is 10.1 Å². The molecule has 2 fully saturated rings. The molecule has 1 saturated heterocycles. The first-order chi connectivity index (χ1) is 12.5. The van der Waals surface area contributed by atoms with Gasteiger partial charge in [-0.3, -0.25) is 4.98 Å². The second kappa shape index (κ2) is 6.96. The fourth-order valence-electron chi connectivity index (χ4n) is 2.94. The SMILES string of the molecule is CC(C)(C)c1nc(-c2cc(OCC3COCCN3)c(C3CC3)cn2)no1. The number of hydrogen-bond acceptors (Lipinski definition) is 7. The summed E-state index contributed by atoms with van der Waals surface area (Å²) in [6.07, 6.45) is 4.29. The number of rotatable bonds is 5. The van der Waals surface area contributed by atoms with Crippen molar-refractivity contribution in [3.63, 3.8) is 0 Å². The van der Waals surface area contributed by atoms with Gasteiger partial charge >= 0.3 is 0 Å². The lowest BCUT2D eigenvalue weighted by Gasteiger charge is -2.24. The van der Waals surface area contributed by atoms with E-state index in [2.05, 4.69) is 20.4 Å². The molecule has 0 radical (unpaired) electrons. The predicted octanol–water partition coefficient (Wildman–Crippen LogP) is 2.67. The molecule has 1 saturated carbocycles. The third-order valence-electron chi connectivity index (χ3n) is 4.65. The Morgan fingerprint density at radius 2 is 2.15 bits per heavy atom. The Balaban J connectivity index is 1.55. The fraction of sp³-hybridized carbons (Fsp3) is 0.632. The molecule has 7 heteroatoms. The van der Waals surface area contributed by atoms with E-state index in [9.17, 15) is 0 Å². The molecule has 7 nitrogen and oxygen atoms in total. The molecule has 1 atom stereocenters. The molecular formula is C19H26N4O3. The van der Waals surface area contributed by atoms with Gasteiger partial charge in [0.15, 0.2) is 0 Å². The zero-order valence-electron chi connectivity index (χ0n) is 15.6. The molecule has 1 N–H and O–H groups in total. The van der Waals surface area contributed by atoms with Crippen LogP contribution in [0.1, 0.15) is 51.0 Å². The van der Waals surface area contributed by atoms with Crippen LogP contribution in [0.5, 0.6) is 5.75 Å². The molecule has 1 aliphatic carbocycles. The van der Waals surface area contributed by atoms with Crippen LogP contribution in [0, 0.1) is 0 Å². The molecule has 4 rings (SSSR count). The van der Waals surface area contributed by atoms with Gasteiger partial charge in [0.2, 0.25) is 11.7 Å². The van der Waals surface area contributed by atoms with Gasteiger partial charge in [0, 0.05) is 29.8 Å². The zero-order valence-corrected chi connectivity index (χ0v) is 15.6. The Labute approximate surface area is 153 Å². The van der Waals surface area contributed by atoms with Crippen molar-refractivity contribution < 1.29 is 14.0 Å². The lowest BCUT2D eigenvalue weighted by atomic mass is 9.97. The van der Waals surface area contributed by atoms with Gasteiger partial charge in [-0.25, -0.2) is 0 Å². The third-order valence-corrected chi connectivity index (χ3v) is 4.65. The number of morpholine rings is 1. The first-order valence-corrected chi connectivity index (χ1v) is 9.29. The number of nitrogens with zero attached hydrogens (tertiary/aromatic N) is 3. The monoisotopic (exact) mass is 358 g/mol. The van der Waals surface area contributed by atoms with Crippen molar-refractivity contribution in [3.8, 4) is 17.3 Å². The summed E-state index contributed by atoms with van der Waals surface area (Å²) >= 11 is 0. The fourth-order valence-corrected chi connectivity index (χ4v) is 2.94. The Bertz CT molecular complexity index is 758. The van der Waals surface area contributed by atoms with Crippen LogP contribution >= 0.6 is 0 Å². The molecule has 1 aliphatic heterocycles. The van der Waals surface area contributed by atoms with Crippen molar-refractivity contribution in [2.24, 2.45) is 0 Å². The molecule has 2 aliphatic rings. The van der Waals surface area contributed by atoms with E-state index in [1.165, 1.54) is 18.4 Å². The summed E-state index contributed by atoms with van der Waals surface area (Å²) in [7, 11) is 0. The van der Waals surface area contributed by atoms with Crippen LogP contribution in [-0.2, 0) is 10.2 Å². The van der Waals surface area contributed by atoms with Crippen LogP contribution in [0.3, 0.4) is 0 Å². The molecule has 3 heterocycles. The summed E-state index contributed by atoms with van der Waals surface area (Å²) < 4.78 is 17.0. The zero-order chi connectivity index (χ0) is 18.1. The van der Waals surface area contributed by atoms with Crippen molar-refractivity contribution in [1.82, 2.24) is 20.4 Å². The van der Waals surface area contributed by atoms with Crippen molar-refractivity contribution in [3.05, 3.63) is 23.7 Å². The first-order valence-electron chi connectivity index (χ1n) is 9.29. The van der Waals surface area contributed by atoms with Crippen LogP contribution in [0.15, 0.2) is 16.8 Å². The van der Waals surface area contributed by atoms with Gasteiger partial charge in [-0.15, -0.1) is 0 Å². The molecule has 26 heavy (non-hydrogen) atoms. The van der Waals surface area contributed by atoms with Crippen molar-refractivity contribution in [2.75, 3.05) is 26.4 Å². The smallest absolute Gasteiger partial charge is 0.232 e. The molecule has 0 aromatic carbocycles. The highest BCUT2D eigenvalue weighted by Gasteiger charge is 2.29. The number of hydrogen-bond donors (Lipinski definition) is 1. The summed E-state index contributed by atoms with van der Waals surface area (Å²) in [5.41, 5.74) is 1.66. The van der Waals surface area contributed by atoms with Gasteiger partial charge in [-0.1, -0.05) is 25.9 Å². The summed E-state index contributed by atoms with van der Waals surface area (Å²) in [5, 5.41) is 7.51. The van der Waals surface area contributed by atoms with E-state index >= 15 is 0 Å². The van der Waals surface area contributed by atoms with Gasteiger partial charge in [0.1, 0.15) is 18.1 Å². The highest BCUT2D eigenvalue weighted by atomic mass is 16.5. The molecule has 0 spiro atoms. The van der Waals surface area contributed by atoms with Crippen molar-refractivity contribution in [2.45, 2.75) is 51.0 Å². The largest absolute Gasteiger partial charge is 0.491 e. The second-order valence-corrected chi connectivity index (χ2v) is 8.09. The average Bonchev–Trinajstić information content (AvgIpc) is 3.34. The Morgan fingerprint density at radius 1 is 1.31 bits per heavy atom. The van der Waals surface area contributed by atoms with Gasteiger partial charge in [0.05, 0.1) is 19.3 Å². The predicted molar refractivity (Wildman–Crippen MR) is 96.3 cm³/mol. The molecule has 0 amide bonds. The van der Waals surface area contributed by atoms with Crippen molar-refractivity contribution >= 4 is 0 Å². The van der Waals surface area contributed by atoms with E-state index in [-0.39, 0.29) is 11.5 Å². The van der Waals surface area contributed by atoms with E-state index in [0.717, 1.165) is 18.9 Å². The average molecular weight is 358 g/mol. The summed E-state index contributed by atoms with van der Waals surface area (Å²) in [6.45, 7) is 9.00. The number of ether oxygens (including phenoxy) is 2. The maximum Gasteiger partial charge on any atom is 0.232 e. The number of pyridine rings is 1. The van der Waals surface area contributed by atoms with Crippen LogP contribution in [0.25, 0.3) is 11.5 Å². The quantitative estimate of drug-likeness (QED) is 0.880. The van der Waals surface area contributed by atoms with Crippen LogP contribution in [0.2, 0.25) is 0 Å². The van der Waals surface area contributed by atoms with Gasteiger partial charge in [0.25, 0.3) is 0 Å². The number of nitrogens with one attached hydrogen (secondary N) is 1. The maximum atomic E-state index is 6.15. The Morgan fingerprint density at radius 3 is 2.81 bits per heavy atom. The highest BCUT2D eigenvalue weighted by molar-refractivity contribution is 5.54. The van der Waals surface area contributed by atoms with Crippen molar-refractivity contribution in [1.29, 1.82) is 0 Å². The molecule has 140 valence electrons. The Hall–Kier alpha value is -1.99. The van der Waals surface area contributed by atoms with E-state index in [1.807, 2.05) is 33.0 Å². The minimum absolute atomic E-state index is 0.189. The minimum atomic E-state index is -0.189. The number of aromatic nitrogens is 3. The van der Waals surface area contributed by atoms with Gasteiger partial charge < -0.3 is 19.3 Å². The molecule has 2 aromatic heterocycles. The standard InChI is InChI=1S/C19H26N4O3/c1-19(2,3)18-22-17(23-26-18)15-8-16(14(9-21-15)12-4-5-12)25-11-13-10-24-7-6-20-13/h8-9,12-13,20H,4-7,10-11H2,1-3H3. The van der Waals surface area contributed by atoms with E-state index < -0.39 is 0 Å². The molecule has 0 bridgehead atoms. The Kier molecular flexibility index (Phi) is 4.67. The third kappa shape index (κ3) is 3.88. The molecule has 2 aromatic rings. The van der Waals surface area contributed by atoms with Gasteiger partial charge in [-0.2, -0.15) is 4.98 Å². The second-order valence-electron chi connectivity index (χ2n) is 8.09. The normalized spacial score (nSPS) is 21.0. The van der Waals surface area contributed by atoms with E-state index in [4.69, 9.17) is 14.0 Å². The minimum Gasteiger partial charge on any atom is -0.491 e. The highest BCUT2D eigenvalue weighted by Crippen LogP contribution is 2.44. The lowest BCUT2D eigenvalue weighted by molar-refractivity contribution is 0.0591. The molecular weight excluding hydrogens is 332 g/mol. The van der Waals surface area contributed by atoms with E-state index in [1.54, 1.807) is 0 Å². The van der Waals surface area contributed by atoms with Crippen LogP contribution in [0.4, 0.5) is 0 Å². The summed E-state index contributed by atoms with van der Waals surface area (Å²) in [5.74, 6) is 2.53. The maximum absolute atomic E-state index is 6.15. The van der Waals surface area contributed by atoms with Gasteiger partial charge in [-0.05, 0) is 18.8 Å². The summed E-state index contributed by atoms with van der Waals surface area (Å²) in [4.78, 5) is 9.06. The van der Waals surface area contributed by atoms with E-state index in [0.29, 0.717) is 36.5 Å². The summed E-state index contributed by atoms with van der Waals surface area (Å²) in [6, 6.07) is 2.15. The van der Waals surface area contributed by atoms with Crippen LogP contribution in [-0.4, -0.2) is 47.5 Å². The lowest BCUT2D eigenvalue weighted by Crippen LogP contribution is -2.44. The molecule has 1 unspecified atom stereocenters.